The Bertz CT molecular complexity index is 1080. The molecule has 132 valence electrons. The van der Waals surface area contributed by atoms with Gasteiger partial charge >= 0.3 is 0 Å². The highest BCUT2D eigenvalue weighted by Crippen LogP contribution is 2.33. The van der Waals surface area contributed by atoms with Gasteiger partial charge in [-0.15, -0.1) is 0 Å². The second-order valence-electron chi connectivity index (χ2n) is 5.93. The highest BCUT2D eigenvalue weighted by Gasteiger charge is 2.07. The molecule has 5 nitrogen and oxygen atoms in total. The number of nitrogens with one attached hydrogen (secondary N) is 1. The van der Waals surface area contributed by atoms with Crippen LogP contribution in [0.4, 0.5) is 11.4 Å². The van der Waals surface area contributed by atoms with Crippen molar-refractivity contribution in [1.29, 1.82) is 0 Å². The first-order valence-electron chi connectivity index (χ1n) is 8.57. The SMILES string of the molecule is C=Nc1cc(-c2ccc3nccnc3c2)ccc1OCNc1ccccc1. The number of hydrogen-bond donors (Lipinski definition) is 1. The zero-order valence-electron chi connectivity index (χ0n) is 14.7. The molecule has 0 saturated carbocycles. The topological polar surface area (TPSA) is 59.4 Å². The molecule has 27 heavy (non-hydrogen) atoms. The molecule has 0 amide bonds. The Morgan fingerprint density at radius 2 is 1.59 bits per heavy atom. The quantitative estimate of drug-likeness (QED) is 0.388. The largest absolute Gasteiger partial charge is 0.471 e. The van der Waals surface area contributed by atoms with E-state index in [0.29, 0.717) is 18.2 Å². The molecule has 4 aromatic rings. The number of aliphatic imine (C=N–C) groups is 1. The Balaban J connectivity index is 1.54. The normalized spacial score (nSPS) is 10.5. The minimum Gasteiger partial charge on any atom is -0.471 e. The van der Waals surface area contributed by atoms with Crippen LogP contribution in [0.15, 0.2) is 84.1 Å². The molecule has 1 heterocycles. The summed E-state index contributed by atoms with van der Waals surface area (Å²) in [6, 6.07) is 21.8. The summed E-state index contributed by atoms with van der Waals surface area (Å²) in [7, 11) is 0. The van der Waals surface area contributed by atoms with Crippen molar-refractivity contribution in [3.63, 3.8) is 0 Å². The minimum absolute atomic E-state index is 0.345. The molecule has 0 aliphatic rings. The van der Waals surface area contributed by atoms with E-state index < -0.39 is 0 Å². The molecular formula is C22H18N4O. The third-order valence-corrected chi connectivity index (χ3v) is 4.21. The summed E-state index contributed by atoms with van der Waals surface area (Å²) in [4.78, 5) is 12.8. The number of fused-ring (bicyclic) bond motifs is 1. The van der Waals surface area contributed by atoms with Crippen LogP contribution >= 0.6 is 0 Å². The Morgan fingerprint density at radius 3 is 2.41 bits per heavy atom. The van der Waals surface area contributed by atoms with Gasteiger partial charge in [-0.3, -0.25) is 15.0 Å². The summed E-state index contributed by atoms with van der Waals surface area (Å²) >= 11 is 0. The van der Waals surface area contributed by atoms with Gasteiger partial charge in [0.05, 0.1) is 11.0 Å². The lowest BCUT2D eigenvalue weighted by Crippen LogP contribution is -2.08. The average molecular weight is 354 g/mol. The standard InChI is InChI=1S/C22H18N4O/c1-23-21-14-17(16-7-9-19-20(13-16)25-12-11-24-19)8-10-22(21)27-15-26-18-5-3-2-4-6-18/h2-14,26H,1,15H2. The zero-order chi connectivity index (χ0) is 18.5. The lowest BCUT2D eigenvalue weighted by molar-refractivity contribution is 0.348. The third-order valence-electron chi connectivity index (χ3n) is 4.21. The van der Waals surface area contributed by atoms with Gasteiger partial charge in [0.1, 0.15) is 11.4 Å². The van der Waals surface area contributed by atoms with Gasteiger partial charge in [-0.1, -0.05) is 30.3 Å². The molecule has 4 rings (SSSR count). The van der Waals surface area contributed by atoms with Crippen molar-refractivity contribution in [3.05, 3.63) is 79.1 Å². The predicted octanol–water partition coefficient (Wildman–Crippen LogP) is 5.08. The van der Waals surface area contributed by atoms with Crippen molar-refractivity contribution in [2.24, 2.45) is 4.99 Å². The summed E-state index contributed by atoms with van der Waals surface area (Å²) in [6.07, 6.45) is 3.39. The van der Waals surface area contributed by atoms with E-state index in [4.69, 9.17) is 4.74 Å². The number of benzene rings is 3. The van der Waals surface area contributed by atoms with E-state index in [1.54, 1.807) is 12.4 Å². The van der Waals surface area contributed by atoms with Gasteiger partial charge in [0, 0.05) is 18.1 Å². The first-order chi connectivity index (χ1) is 13.3. The van der Waals surface area contributed by atoms with Gasteiger partial charge < -0.3 is 10.1 Å². The number of hydrogen-bond acceptors (Lipinski definition) is 5. The van der Waals surface area contributed by atoms with Crippen LogP contribution in [0.5, 0.6) is 5.75 Å². The summed E-state index contributed by atoms with van der Waals surface area (Å²) in [5.41, 5.74) is 5.49. The van der Waals surface area contributed by atoms with Gasteiger partial charge in [0.25, 0.3) is 0 Å². The van der Waals surface area contributed by atoms with Crippen molar-refractivity contribution in [2.75, 3.05) is 12.0 Å². The molecule has 0 aliphatic carbocycles. The van der Waals surface area contributed by atoms with E-state index in [0.717, 1.165) is 27.8 Å². The van der Waals surface area contributed by atoms with Crippen LogP contribution in [0.25, 0.3) is 22.2 Å². The fraction of sp³-hybridized carbons (Fsp3) is 0.0455. The van der Waals surface area contributed by atoms with E-state index in [1.807, 2.05) is 66.7 Å². The van der Waals surface area contributed by atoms with Crippen LogP contribution in [0.2, 0.25) is 0 Å². The summed E-state index contributed by atoms with van der Waals surface area (Å²) in [6.45, 7) is 4.01. The van der Waals surface area contributed by atoms with Gasteiger partial charge in [-0.2, -0.15) is 0 Å². The molecule has 0 saturated heterocycles. The van der Waals surface area contributed by atoms with Crippen LogP contribution in [0.3, 0.4) is 0 Å². The van der Waals surface area contributed by atoms with Crippen molar-refractivity contribution in [1.82, 2.24) is 9.97 Å². The Labute approximate surface area is 157 Å². The van der Waals surface area contributed by atoms with E-state index in [-0.39, 0.29) is 0 Å². The molecule has 0 unspecified atom stereocenters. The second kappa shape index (κ2) is 7.66. The van der Waals surface area contributed by atoms with E-state index in [2.05, 4.69) is 27.0 Å². The number of ether oxygens (including phenoxy) is 1. The average Bonchev–Trinajstić information content (AvgIpc) is 2.74. The van der Waals surface area contributed by atoms with Gasteiger partial charge in [-0.25, -0.2) is 0 Å². The number of nitrogens with zero attached hydrogens (tertiary/aromatic N) is 3. The van der Waals surface area contributed by atoms with Crippen LogP contribution in [0, 0.1) is 0 Å². The highest BCUT2D eigenvalue weighted by molar-refractivity contribution is 5.82. The van der Waals surface area contributed by atoms with Gasteiger partial charge in [-0.05, 0) is 54.2 Å². The Morgan fingerprint density at radius 1 is 0.852 bits per heavy atom. The molecule has 0 radical (unpaired) electrons. The third kappa shape index (κ3) is 3.77. The monoisotopic (exact) mass is 354 g/mol. The first-order valence-corrected chi connectivity index (χ1v) is 8.57. The fourth-order valence-electron chi connectivity index (χ4n) is 2.84. The summed E-state index contributed by atoms with van der Waals surface area (Å²) < 4.78 is 5.83. The highest BCUT2D eigenvalue weighted by atomic mass is 16.5. The Kier molecular flexibility index (Phi) is 4.74. The van der Waals surface area contributed by atoms with Crippen molar-refractivity contribution < 1.29 is 4.74 Å². The van der Waals surface area contributed by atoms with Crippen molar-refractivity contribution in [2.45, 2.75) is 0 Å². The minimum atomic E-state index is 0.345. The van der Waals surface area contributed by atoms with Crippen LogP contribution in [0.1, 0.15) is 0 Å². The van der Waals surface area contributed by atoms with Crippen LogP contribution in [-0.4, -0.2) is 23.4 Å². The molecule has 3 aromatic carbocycles. The molecule has 0 fully saturated rings. The van der Waals surface area contributed by atoms with Crippen molar-refractivity contribution in [3.8, 4) is 16.9 Å². The molecule has 5 heteroatoms. The molecule has 0 bridgehead atoms. The van der Waals surface area contributed by atoms with E-state index in [9.17, 15) is 0 Å². The number of rotatable bonds is 6. The summed E-state index contributed by atoms with van der Waals surface area (Å²) in [5, 5.41) is 3.21. The lowest BCUT2D eigenvalue weighted by atomic mass is 10.0. The first kappa shape index (κ1) is 16.7. The molecular weight excluding hydrogens is 336 g/mol. The maximum absolute atomic E-state index is 5.83. The molecule has 0 aliphatic heterocycles. The lowest BCUT2D eigenvalue weighted by Gasteiger charge is -2.12. The van der Waals surface area contributed by atoms with E-state index in [1.165, 1.54) is 0 Å². The zero-order valence-corrected chi connectivity index (χ0v) is 14.7. The fourth-order valence-corrected chi connectivity index (χ4v) is 2.84. The second-order valence-corrected chi connectivity index (χ2v) is 5.93. The molecule has 0 spiro atoms. The number of anilines is 1. The van der Waals surface area contributed by atoms with Crippen molar-refractivity contribution >= 4 is 29.1 Å². The number of aromatic nitrogens is 2. The smallest absolute Gasteiger partial charge is 0.159 e. The van der Waals surface area contributed by atoms with Crippen LogP contribution in [-0.2, 0) is 0 Å². The van der Waals surface area contributed by atoms with Gasteiger partial charge in [0.15, 0.2) is 6.73 Å². The summed E-state index contributed by atoms with van der Waals surface area (Å²) in [5.74, 6) is 0.678. The predicted molar refractivity (Wildman–Crippen MR) is 110 cm³/mol. The Hall–Kier alpha value is -3.73. The van der Waals surface area contributed by atoms with E-state index >= 15 is 0 Å². The number of para-hydroxylation sites is 1. The molecule has 1 aromatic heterocycles. The van der Waals surface area contributed by atoms with Gasteiger partial charge in [0.2, 0.25) is 0 Å². The maximum Gasteiger partial charge on any atom is 0.159 e. The maximum atomic E-state index is 5.83. The molecule has 1 N–H and O–H groups in total. The molecule has 0 atom stereocenters. The van der Waals surface area contributed by atoms with Crippen LogP contribution < -0.4 is 10.1 Å².